The Hall–Kier alpha value is -2.60. The minimum absolute atomic E-state index is 0.216. The lowest BCUT2D eigenvalue weighted by atomic mass is 10.1. The lowest BCUT2D eigenvalue weighted by Gasteiger charge is -2.30. The molecule has 0 N–H and O–H groups in total. The van der Waals surface area contributed by atoms with Crippen LogP contribution in [0.15, 0.2) is 48.7 Å². The van der Waals surface area contributed by atoms with Crippen LogP contribution in [0.4, 0.5) is 0 Å². The van der Waals surface area contributed by atoms with Crippen molar-refractivity contribution in [3.05, 3.63) is 59.9 Å². The van der Waals surface area contributed by atoms with Crippen molar-refractivity contribution in [3.8, 4) is 0 Å². The molecule has 0 aliphatic carbocycles. The van der Waals surface area contributed by atoms with Crippen LogP contribution in [0.2, 0.25) is 0 Å². The molecular weight excluding hydrogens is 308 g/mol. The Morgan fingerprint density at radius 2 is 1.79 bits per heavy atom. The second kappa shape index (κ2) is 7.31. The van der Waals surface area contributed by atoms with Crippen molar-refractivity contribution in [1.29, 1.82) is 0 Å². The highest BCUT2D eigenvalue weighted by Gasteiger charge is 2.31. The van der Waals surface area contributed by atoms with Gasteiger partial charge in [-0.1, -0.05) is 30.3 Å². The van der Waals surface area contributed by atoms with E-state index < -0.39 is 12.1 Å². The summed E-state index contributed by atoms with van der Waals surface area (Å²) >= 11 is 0. The monoisotopic (exact) mass is 328 g/mol. The number of morpholine rings is 1. The van der Waals surface area contributed by atoms with Gasteiger partial charge in [-0.15, -0.1) is 0 Å². The zero-order chi connectivity index (χ0) is 16.9. The summed E-state index contributed by atoms with van der Waals surface area (Å²) < 4.78 is 12.5. The number of nitrogens with zero attached hydrogens (tertiary/aromatic N) is 2. The van der Waals surface area contributed by atoms with Crippen molar-refractivity contribution in [3.63, 3.8) is 0 Å². The third kappa shape index (κ3) is 3.49. The molecule has 1 aliphatic heterocycles. The van der Waals surface area contributed by atoms with Crippen molar-refractivity contribution >= 4 is 11.9 Å². The maximum Gasteiger partial charge on any atom is 0.356 e. The average Bonchev–Trinajstić information content (AvgIpc) is 3.06. The van der Waals surface area contributed by atoms with Gasteiger partial charge >= 0.3 is 5.97 Å². The highest BCUT2D eigenvalue weighted by Crippen LogP contribution is 2.22. The molecule has 2 aromatic rings. The van der Waals surface area contributed by atoms with Gasteiger partial charge in [0.15, 0.2) is 0 Å². The van der Waals surface area contributed by atoms with Crippen LogP contribution >= 0.6 is 0 Å². The highest BCUT2D eigenvalue weighted by molar-refractivity contribution is 5.91. The third-order valence-electron chi connectivity index (χ3n) is 4.03. The van der Waals surface area contributed by atoms with Crippen LogP contribution in [-0.2, 0) is 21.3 Å². The number of benzene rings is 1. The zero-order valence-corrected chi connectivity index (χ0v) is 13.6. The molecular formula is C18H20N2O4. The molecule has 0 radical (unpaired) electrons. The van der Waals surface area contributed by atoms with E-state index in [2.05, 4.69) is 0 Å². The van der Waals surface area contributed by atoms with Crippen LogP contribution in [0, 0.1) is 0 Å². The molecule has 1 aromatic carbocycles. The van der Waals surface area contributed by atoms with E-state index in [1.54, 1.807) is 47.0 Å². The number of hydrogen-bond acceptors (Lipinski definition) is 4. The SMILES string of the molecule is Cn1cccc1C(=O)O[C@H](C(=O)N1CCOCC1)c1ccccc1. The van der Waals surface area contributed by atoms with Crippen molar-refractivity contribution in [2.45, 2.75) is 6.10 Å². The normalized spacial score (nSPS) is 15.8. The predicted molar refractivity (Wildman–Crippen MR) is 87.4 cm³/mol. The Labute approximate surface area is 140 Å². The van der Waals surface area contributed by atoms with E-state index in [4.69, 9.17) is 9.47 Å². The molecule has 3 rings (SSSR count). The van der Waals surface area contributed by atoms with Gasteiger partial charge in [0.25, 0.3) is 5.91 Å². The van der Waals surface area contributed by atoms with Gasteiger partial charge in [0.05, 0.1) is 13.2 Å². The molecule has 1 aromatic heterocycles. The molecule has 0 saturated carbocycles. The summed E-state index contributed by atoms with van der Waals surface area (Å²) in [5.41, 5.74) is 1.07. The Bertz CT molecular complexity index is 705. The number of aromatic nitrogens is 1. The number of ether oxygens (including phenoxy) is 2. The number of aryl methyl sites for hydroxylation is 1. The third-order valence-corrected chi connectivity index (χ3v) is 4.03. The Morgan fingerprint density at radius 1 is 1.08 bits per heavy atom. The summed E-state index contributed by atoms with van der Waals surface area (Å²) in [6, 6.07) is 12.5. The molecule has 24 heavy (non-hydrogen) atoms. The van der Waals surface area contributed by atoms with E-state index in [9.17, 15) is 9.59 Å². The van der Waals surface area contributed by atoms with Crippen LogP contribution in [-0.4, -0.2) is 47.6 Å². The first-order valence-corrected chi connectivity index (χ1v) is 7.90. The number of rotatable bonds is 4. The minimum atomic E-state index is -0.952. The van der Waals surface area contributed by atoms with E-state index in [1.807, 2.05) is 18.2 Å². The van der Waals surface area contributed by atoms with Crippen LogP contribution in [0.1, 0.15) is 22.2 Å². The maximum absolute atomic E-state index is 12.9. The van der Waals surface area contributed by atoms with E-state index in [1.165, 1.54) is 0 Å². The fraction of sp³-hybridized carbons (Fsp3) is 0.333. The minimum Gasteiger partial charge on any atom is -0.443 e. The number of esters is 1. The molecule has 0 bridgehead atoms. The molecule has 1 aliphatic rings. The number of carbonyl (C=O) groups excluding carboxylic acids is 2. The first kappa shape index (κ1) is 16.3. The predicted octanol–water partition coefficient (Wildman–Crippen LogP) is 1.78. The van der Waals surface area contributed by atoms with Gasteiger partial charge in [0.1, 0.15) is 5.69 Å². The Balaban J connectivity index is 1.83. The molecule has 1 atom stereocenters. The molecule has 6 heteroatoms. The second-order valence-electron chi connectivity index (χ2n) is 5.64. The highest BCUT2D eigenvalue weighted by atomic mass is 16.5. The van der Waals surface area contributed by atoms with Gasteiger partial charge in [0.2, 0.25) is 6.10 Å². The smallest absolute Gasteiger partial charge is 0.356 e. The summed E-state index contributed by atoms with van der Waals surface area (Å²) in [7, 11) is 1.76. The molecule has 126 valence electrons. The first-order chi connectivity index (χ1) is 11.7. The Kier molecular flexibility index (Phi) is 4.96. The van der Waals surface area contributed by atoms with Crippen molar-refractivity contribution in [1.82, 2.24) is 9.47 Å². The van der Waals surface area contributed by atoms with Crippen molar-refractivity contribution < 1.29 is 19.1 Å². The average molecular weight is 328 g/mol. The van der Waals surface area contributed by atoms with Gasteiger partial charge in [0, 0.05) is 31.9 Å². The molecule has 1 amide bonds. The fourth-order valence-corrected chi connectivity index (χ4v) is 2.68. The number of hydrogen-bond donors (Lipinski definition) is 0. The summed E-state index contributed by atoms with van der Waals surface area (Å²) in [5.74, 6) is -0.731. The van der Waals surface area contributed by atoms with Crippen LogP contribution in [0.25, 0.3) is 0 Å². The quantitative estimate of drug-likeness (QED) is 0.803. The molecule has 2 heterocycles. The summed E-state index contributed by atoms with van der Waals surface area (Å²) in [5, 5.41) is 0. The summed E-state index contributed by atoms with van der Waals surface area (Å²) in [6.07, 6.45) is 0.810. The van der Waals surface area contributed by atoms with E-state index in [-0.39, 0.29) is 5.91 Å². The summed E-state index contributed by atoms with van der Waals surface area (Å²) in [4.78, 5) is 27.0. The number of amides is 1. The number of carbonyl (C=O) groups is 2. The largest absolute Gasteiger partial charge is 0.443 e. The van der Waals surface area contributed by atoms with Crippen molar-refractivity contribution in [2.75, 3.05) is 26.3 Å². The first-order valence-electron chi connectivity index (χ1n) is 7.90. The fourth-order valence-electron chi connectivity index (χ4n) is 2.68. The Morgan fingerprint density at radius 3 is 2.42 bits per heavy atom. The van der Waals surface area contributed by atoms with Crippen molar-refractivity contribution in [2.24, 2.45) is 7.05 Å². The zero-order valence-electron chi connectivity index (χ0n) is 13.6. The van der Waals surface area contributed by atoms with E-state index in [0.29, 0.717) is 37.6 Å². The van der Waals surface area contributed by atoms with E-state index >= 15 is 0 Å². The van der Waals surface area contributed by atoms with Crippen LogP contribution in [0.3, 0.4) is 0 Å². The lowest BCUT2D eigenvalue weighted by Crippen LogP contribution is -2.44. The van der Waals surface area contributed by atoms with Gasteiger partial charge < -0.3 is 18.9 Å². The summed E-state index contributed by atoms with van der Waals surface area (Å²) in [6.45, 7) is 2.01. The molecule has 0 unspecified atom stereocenters. The van der Waals surface area contributed by atoms with Gasteiger partial charge in [-0.3, -0.25) is 4.79 Å². The maximum atomic E-state index is 12.9. The molecule has 6 nitrogen and oxygen atoms in total. The second-order valence-corrected chi connectivity index (χ2v) is 5.64. The topological polar surface area (TPSA) is 60.8 Å². The van der Waals surface area contributed by atoms with Gasteiger partial charge in [-0.25, -0.2) is 4.79 Å². The van der Waals surface area contributed by atoms with E-state index in [0.717, 1.165) is 0 Å². The molecule has 1 saturated heterocycles. The van der Waals surface area contributed by atoms with Crippen LogP contribution < -0.4 is 0 Å². The van der Waals surface area contributed by atoms with Gasteiger partial charge in [-0.2, -0.15) is 0 Å². The van der Waals surface area contributed by atoms with Crippen LogP contribution in [0.5, 0.6) is 0 Å². The standard InChI is InChI=1S/C18H20N2O4/c1-19-9-5-8-15(19)18(22)24-16(14-6-3-2-4-7-14)17(21)20-10-12-23-13-11-20/h2-9,16H,10-13H2,1H3/t16-/m0/s1. The van der Waals surface area contributed by atoms with Gasteiger partial charge in [-0.05, 0) is 12.1 Å². The lowest BCUT2D eigenvalue weighted by molar-refractivity contribution is -0.145. The molecule has 0 spiro atoms. The molecule has 1 fully saturated rings.